The summed E-state index contributed by atoms with van der Waals surface area (Å²) in [6, 6.07) is 13.1. The number of aliphatic hydroxyl groups excluding tert-OH is 1. The number of β-amino-alcohol motifs (C(OH)–C–C–N with tert-alkyl or cyclic N) is 1. The van der Waals surface area contributed by atoms with Crippen LogP contribution in [0.15, 0.2) is 61.1 Å². The van der Waals surface area contributed by atoms with E-state index in [4.69, 9.17) is 14.7 Å². The molecular weight excluding hydrogens is 559 g/mol. The first-order valence-corrected chi connectivity index (χ1v) is 15.1. The van der Waals surface area contributed by atoms with E-state index in [1.807, 2.05) is 18.5 Å². The summed E-state index contributed by atoms with van der Waals surface area (Å²) in [5.74, 6) is 1.14. The molecule has 0 amide bonds. The summed E-state index contributed by atoms with van der Waals surface area (Å²) in [5, 5.41) is 13.7. The Hall–Kier alpha value is -4.19. The standard InChI is InChI=1S/C33H39FN8O2/c1-40(2)24-12-15-41(20-24)19-23-10-9-22(17-36-23)26-18-37-31(16-28(26)42-14-5-6-25(43)21-42)38-30-11-13-35-33(39-30)32-27(34)7-4-8-29(32)44-3/h4,7-11,13,16-18,24-25,43H,5-6,12,14-15,19-21H2,1-3H3,(H,35,37,38,39)/t24?,25-/m0/s1. The minimum absolute atomic E-state index is 0.197. The van der Waals surface area contributed by atoms with E-state index in [1.54, 1.807) is 24.4 Å². The van der Waals surface area contributed by atoms with Gasteiger partial charge in [-0.1, -0.05) is 12.1 Å². The number of methoxy groups -OCH3 is 1. The third kappa shape index (κ3) is 6.64. The van der Waals surface area contributed by atoms with Crippen LogP contribution >= 0.6 is 0 Å². The highest BCUT2D eigenvalue weighted by atomic mass is 19.1. The smallest absolute Gasteiger partial charge is 0.168 e. The molecule has 3 aromatic heterocycles. The Balaban J connectivity index is 1.26. The lowest BCUT2D eigenvalue weighted by Crippen LogP contribution is -2.38. The molecule has 11 heteroatoms. The monoisotopic (exact) mass is 598 g/mol. The Labute approximate surface area is 257 Å². The third-order valence-electron chi connectivity index (χ3n) is 8.45. The number of aromatic nitrogens is 4. The Bertz CT molecular complexity index is 1580. The molecule has 1 aromatic carbocycles. The average Bonchev–Trinajstić information content (AvgIpc) is 3.50. The van der Waals surface area contributed by atoms with E-state index in [0.29, 0.717) is 30.0 Å². The Morgan fingerprint density at radius 2 is 1.91 bits per heavy atom. The van der Waals surface area contributed by atoms with Crippen molar-refractivity contribution >= 4 is 17.3 Å². The van der Waals surface area contributed by atoms with Gasteiger partial charge in [-0.3, -0.25) is 9.88 Å². The van der Waals surface area contributed by atoms with Crippen molar-refractivity contribution in [1.29, 1.82) is 0 Å². The van der Waals surface area contributed by atoms with E-state index >= 15 is 0 Å². The van der Waals surface area contributed by atoms with Crippen LogP contribution in [-0.2, 0) is 6.54 Å². The zero-order valence-corrected chi connectivity index (χ0v) is 25.4. The van der Waals surface area contributed by atoms with Gasteiger partial charge in [-0.05, 0) is 57.6 Å². The zero-order valence-electron chi connectivity index (χ0n) is 25.4. The van der Waals surface area contributed by atoms with Gasteiger partial charge in [0, 0.05) is 80.2 Å². The molecule has 2 aliphatic rings. The molecule has 5 heterocycles. The van der Waals surface area contributed by atoms with Crippen LogP contribution in [0.4, 0.5) is 21.7 Å². The van der Waals surface area contributed by atoms with Crippen molar-refractivity contribution in [1.82, 2.24) is 29.7 Å². The molecule has 1 unspecified atom stereocenters. The molecule has 0 aliphatic carbocycles. The summed E-state index contributed by atoms with van der Waals surface area (Å²) < 4.78 is 20.1. The van der Waals surface area contributed by atoms with Crippen LogP contribution in [0.25, 0.3) is 22.5 Å². The number of halogens is 1. The number of piperidine rings is 1. The number of likely N-dealkylation sites (N-methyl/N-ethyl adjacent to an activating group) is 1. The summed E-state index contributed by atoms with van der Waals surface area (Å²) in [6.45, 7) is 4.32. The predicted molar refractivity (Wildman–Crippen MR) is 170 cm³/mol. The van der Waals surface area contributed by atoms with Gasteiger partial charge in [0.15, 0.2) is 5.82 Å². The van der Waals surface area contributed by atoms with Crippen molar-refractivity contribution in [2.75, 3.05) is 57.6 Å². The van der Waals surface area contributed by atoms with Crippen LogP contribution in [0.3, 0.4) is 0 Å². The molecule has 0 spiro atoms. The SMILES string of the molecule is COc1cccc(F)c1-c1nccc(Nc2cc(N3CCC[C@H](O)C3)c(-c3ccc(CN4CCC(N(C)C)C4)nc3)cn2)n1. The first kappa shape index (κ1) is 29.9. The van der Waals surface area contributed by atoms with Gasteiger partial charge in [0.25, 0.3) is 0 Å². The van der Waals surface area contributed by atoms with Gasteiger partial charge in [-0.15, -0.1) is 0 Å². The highest BCUT2D eigenvalue weighted by Crippen LogP contribution is 2.35. The zero-order chi connectivity index (χ0) is 30.6. The molecule has 2 fully saturated rings. The molecule has 2 saturated heterocycles. The molecule has 44 heavy (non-hydrogen) atoms. The lowest BCUT2D eigenvalue weighted by atomic mass is 10.0. The van der Waals surface area contributed by atoms with Gasteiger partial charge in [0.05, 0.1) is 24.5 Å². The van der Waals surface area contributed by atoms with Crippen LogP contribution < -0.4 is 15.0 Å². The van der Waals surface area contributed by atoms with E-state index in [1.165, 1.54) is 19.6 Å². The number of nitrogens with one attached hydrogen (secondary N) is 1. The van der Waals surface area contributed by atoms with Crippen molar-refractivity contribution in [2.45, 2.75) is 38.0 Å². The predicted octanol–water partition coefficient (Wildman–Crippen LogP) is 4.59. The first-order valence-electron chi connectivity index (χ1n) is 15.1. The number of anilines is 3. The van der Waals surface area contributed by atoms with Crippen LogP contribution in [0.5, 0.6) is 5.75 Å². The molecule has 0 radical (unpaired) electrons. The lowest BCUT2D eigenvalue weighted by Gasteiger charge is -2.33. The summed E-state index contributed by atoms with van der Waals surface area (Å²) in [4.78, 5) is 25.3. The Kier molecular flexibility index (Phi) is 8.96. The summed E-state index contributed by atoms with van der Waals surface area (Å²) in [7, 11) is 5.77. The first-order chi connectivity index (χ1) is 21.4. The fourth-order valence-corrected chi connectivity index (χ4v) is 6.03. The van der Waals surface area contributed by atoms with E-state index in [9.17, 15) is 9.50 Å². The molecule has 0 bridgehead atoms. The molecule has 4 aromatic rings. The molecule has 230 valence electrons. The number of aliphatic hydroxyl groups is 1. The molecular formula is C33H39FN8O2. The second-order valence-corrected chi connectivity index (χ2v) is 11.7. The van der Waals surface area contributed by atoms with Crippen molar-refractivity contribution in [2.24, 2.45) is 0 Å². The second kappa shape index (κ2) is 13.2. The van der Waals surface area contributed by atoms with E-state index in [0.717, 1.165) is 61.5 Å². The maximum Gasteiger partial charge on any atom is 0.168 e. The van der Waals surface area contributed by atoms with E-state index in [-0.39, 0.29) is 11.4 Å². The topological polar surface area (TPSA) is 103 Å². The fraction of sp³-hybridized carbons (Fsp3) is 0.394. The number of rotatable bonds is 9. The summed E-state index contributed by atoms with van der Waals surface area (Å²) >= 11 is 0. The molecule has 0 saturated carbocycles. The van der Waals surface area contributed by atoms with Gasteiger partial charge in [-0.2, -0.15) is 0 Å². The quantitative estimate of drug-likeness (QED) is 0.284. The van der Waals surface area contributed by atoms with Crippen molar-refractivity contribution in [3.8, 4) is 28.3 Å². The number of ether oxygens (including phenoxy) is 1. The van der Waals surface area contributed by atoms with E-state index in [2.05, 4.69) is 56.2 Å². The van der Waals surface area contributed by atoms with Crippen LogP contribution in [0.1, 0.15) is 25.0 Å². The summed E-state index contributed by atoms with van der Waals surface area (Å²) in [5.41, 5.74) is 4.10. The minimum Gasteiger partial charge on any atom is -0.496 e. The second-order valence-electron chi connectivity index (χ2n) is 11.7. The van der Waals surface area contributed by atoms with Crippen LogP contribution in [0.2, 0.25) is 0 Å². The van der Waals surface area contributed by atoms with Crippen LogP contribution in [-0.4, -0.2) is 94.4 Å². The van der Waals surface area contributed by atoms with Gasteiger partial charge in [0.1, 0.15) is 23.2 Å². The lowest BCUT2D eigenvalue weighted by molar-refractivity contribution is 0.154. The maximum atomic E-state index is 14.7. The fourth-order valence-electron chi connectivity index (χ4n) is 6.03. The number of nitrogens with zero attached hydrogens (tertiary/aromatic N) is 7. The van der Waals surface area contributed by atoms with E-state index < -0.39 is 11.9 Å². The number of pyridine rings is 2. The number of benzene rings is 1. The molecule has 6 rings (SSSR count). The van der Waals surface area contributed by atoms with Crippen molar-refractivity contribution in [3.63, 3.8) is 0 Å². The van der Waals surface area contributed by atoms with Crippen molar-refractivity contribution in [3.05, 3.63) is 72.6 Å². The number of hydrogen-bond acceptors (Lipinski definition) is 10. The molecule has 2 aliphatic heterocycles. The van der Waals surface area contributed by atoms with Crippen molar-refractivity contribution < 1.29 is 14.2 Å². The highest BCUT2D eigenvalue weighted by Gasteiger charge is 2.25. The Morgan fingerprint density at radius 1 is 1.02 bits per heavy atom. The molecule has 2 atom stereocenters. The van der Waals surface area contributed by atoms with Gasteiger partial charge < -0.3 is 25.0 Å². The normalized spacial score (nSPS) is 19.0. The number of likely N-dealkylation sites (tertiary alicyclic amines) is 1. The van der Waals surface area contributed by atoms with Gasteiger partial charge >= 0.3 is 0 Å². The number of hydrogen-bond donors (Lipinski definition) is 2. The maximum absolute atomic E-state index is 14.7. The average molecular weight is 599 g/mol. The van der Waals surface area contributed by atoms with Gasteiger partial charge in [0.2, 0.25) is 0 Å². The Morgan fingerprint density at radius 3 is 2.66 bits per heavy atom. The molecule has 2 N–H and O–H groups in total. The van der Waals surface area contributed by atoms with Crippen LogP contribution in [0, 0.1) is 5.82 Å². The highest BCUT2D eigenvalue weighted by molar-refractivity contribution is 5.80. The minimum atomic E-state index is -0.465. The third-order valence-corrected chi connectivity index (χ3v) is 8.45. The largest absolute Gasteiger partial charge is 0.496 e. The molecule has 10 nitrogen and oxygen atoms in total. The van der Waals surface area contributed by atoms with Gasteiger partial charge in [-0.25, -0.2) is 19.3 Å². The summed E-state index contributed by atoms with van der Waals surface area (Å²) in [6.07, 6.45) is 7.78.